The highest BCUT2D eigenvalue weighted by molar-refractivity contribution is 7.99. The van der Waals surface area contributed by atoms with Crippen molar-refractivity contribution in [2.75, 3.05) is 13.1 Å². The van der Waals surface area contributed by atoms with Crippen LogP contribution in [-0.2, 0) is 17.6 Å². The van der Waals surface area contributed by atoms with Gasteiger partial charge in [0.1, 0.15) is 0 Å². The third kappa shape index (κ3) is 5.07. The smallest absolute Gasteiger partial charge is 0.233 e. The molecule has 2 heterocycles. The van der Waals surface area contributed by atoms with Crippen LogP contribution in [0.3, 0.4) is 0 Å². The van der Waals surface area contributed by atoms with Crippen LogP contribution in [0.4, 0.5) is 0 Å². The van der Waals surface area contributed by atoms with Gasteiger partial charge in [0.25, 0.3) is 0 Å². The topological polar surface area (TPSA) is 59.2 Å². The molecule has 1 amide bonds. The fourth-order valence-electron chi connectivity index (χ4n) is 3.37. The van der Waals surface area contributed by atoms with Crippen LogP contribution in [0.15, 0.2) is 64.0 Å². The van der Waals surface area contributed by atoms with Crippen LogP contribution in [0, 0.1) is 0 Å². The molecular formula is C23H25N3O2S. The number of hydrogen-bond acceptors (Lipinski definition) is 5. The Kier molecular flexibility index (Phi) is 6.00. The van der Waals surface area contributed by atoms with E-state index < -0.39 is 0 Å². The fraction of sp³-hybridized carbons (Fsp3) is 0.348. The van der Waals surface area contributed by atoms with Gasteiger partial charge < -0.3 is 9.42 Å². The number of hydrogen-bond donors (Lipinski definition) is 0. The molecule has 0 bridgehead atoms. The van der Waals surface area contributed by atoms with Gasteiger partial charge in [-0.2, -0.15) is 4.98 Å². The van der Waals surface area contributed by atoms with E-state index in [4.69, 9.17) is 4.52 Å². The summed E-state index contributed by atoms with van der Waals surface area (Å²) in [6, 6.07) is 18.4. The summed E-state index contributed by atoms with van der Waals surface area (Å²) in [4.78, 5) is 20.2. The predicted octanol–water partition coefficient (Wildman–Crippen LogP) is 4.33. The van der Waals surface area contributed by atoms with Gasteiger partial charge in [-0.1, -0.05) is 61.5 Å². The van der Waals surface area contributed by atoms with Crippen molar-refractivity contribution in [1.82, 2.24) is 15.0 Å². The molecule has 0 radical (unpaired) electrons. The summed E-state index contributed by atoms with van der Waals surface area (Å²) in [5, 5.41) is 4.64. The summed E-state index contributed by atoms with van der Waals surface area (Å²) in [5.41, 5.74) is 2.21. The highest BCUT2D eigenvalue weighted by Gasteiger charge is 2.35. The minimum atomic E-state index is 0.140. The molecule has 1 aromatic heterocycles. The summed E-state index contributed by atoms with van der Waals surface area (Å²) in [7, 11) is 0. The zero-order valence-corrected chi connectivity index (χ0v) is 17.6. The van der Waals surface area contributed by atoms with Crippen molar-refractivity contribution >= 4 is 17.7 Å². The lowest BCUT2D eigenvalue weighted by molar-refractivity contribution is -0.135. The van der Waals surface area contributed by atoms with Gasteiger partial charge in [0.2, 0.25) is 11.8 Å². The van der Waals surface area contributed by atoms with Gasteiger partial charge in [0.05, 0.1) is 12.3 Å². The molecule has 0 spiro atoms. The van der Waals surface area contributed by atoms with Crippen molar-refractivity contribution in [3.8, 4) is 0 Å². The standard InChI is InChI=1S/C23H25N3O2S/c1-16(2)29-20-10-8-18(9-11-20)13-22(27)26-14-19(15-26)23-24-21(25-28-23)12-17-6-4-3-5-7-17/h3-11,16,19H,12-15H2,1-2H3. The first-order valence-corrected chi connectivity index (χ1v) is 10.8. The summed E-state index contributed by atoms with van der Waals surface area (Å²) in [6.45, 7) is 5.65. The molecule has 4 rings (SSSR count). The molecule has 1 fully saturated rings. The Labute approximate surface area is 175 Å². The molecule has 2 aromatic carbocycles. The maximum Gasteiger partial charge on any atom is 0.233 e. The average molecular weight is 408 g/mol. The maximum absolute atomic E-state index is 12.5. The minimum absolute atomic E-state index is 0.140. The van der Waals surface area contributed by atoms with Crippen LogP contribution in [-0.4, -0.2) is 39.3 Å². The van der Waals surface area contributed by atoms with Gasteiger partial charge in [-0.25, -0.2) is 0 Å². The number of benzene rings is 2. The lowest BCUT2D eigenvalue weighted by Crippen LogP contribution is -2.49. The van der Waals surface area contributed by atoms with E-state index in [1.54, 1.807) is 0 Å². The van der Waals surface area contributed by atoms with E-state index in [0.717, 1.165) is 11.1 Å². The molecule has 0 atom stereocenters. The van der Waals surface area contributed by atoms with E-state index in [-0.39, 0.29) is 11.8 Å². The Morgan fingerprint density at radius 3 is 2.52 bits per heavy atom. The van der Waals surface area contributed by atoms with Gasteiger partial charge in [0.15, 0.2) is 5.82 Å². The molecule has 5 nitrogen and oxygen atoms in total. The first kappa shape index (κ1) is 19.7. The van der Waals surface area contributed by atoms with Crippen LogP contribution in [0.5, 0.6) is 0 Å². The number of rotatable bonds is 7. The molecule has 3 aromatic rings. The molecule has 1 aliphatic heterocycles. The summed E-state index contributed by atoms with van der Waals surface area (Å²) in [5.74, 6) is 1.61. The van der Waals surface area contributed by atoms with Gasteiger partial charge in [-0.15, -0.1) is 11.8 Å². The van der Waals surface area contributed by atoms with Crippen molar-refractivity contribution < 1.29 is 9.32 Å². The number of amides is 1. The van der Waals surface area contributed by atoms with Crippen molar-refractivity contribution in [2.45, 2.75) is 42.8 Å². The predicted molar refractivity (Wildman–Crippen MR) is 114 cm³/mol. The highest BCUT2D eigenvalue weighted by atomic mass is 32.2. The lowest BCUT2D eigenvalue weighted by Gasteiger charge is -2.37. The molecule has 0 unspecified atom stereocenters. The largest absolute Gasteiger partial charge is 0.341 e. The molecule has 0 N–H and O–H groups in total. The number of aromatic nitrogens is 2. The second kappa shape index (κ2) is 8.82. The first-order chi connectivity index (χ1) is 14.1. The molecule has 1 aliphatic rings. The Hall–Kier alpha value is -2.60. The van der Waals surface area contributed by atoms with Crippen molar-refractivity contribution in [2.24, 2.45) is 0 Å². The van der Waals surface area contributed by atoms with Crippen LogP contribution in [0.2, 0.25) is 0 Å². The van der Waals surface area contributed by atoms with E-state index >= 15 is 0 Å². The Morgan fingerprint density at radius 1 is 1.10 bits per heavy atom. The normalized spacial score (nSPS) is 14.2. The number of carbonyl (C=O) groups excluding carboxylic acids is 1. The first-order valence-electron chi connectivity index (χ1n) is 9.96. The van der Waals surface area contributed by atoms with Crippen LogP contribution >= 0.6 is 11.8 Å². The Bertz CT molecular complexity index is 948. The van der Waals surface area contributed by atoms with E-state index in [0.29, 0.717) is 42.9 Å². The minimum Gasteiger partial charge on any atom is -0.341 e. The quantitative estimate of drug-likeness (QED) is 0.546. The molecule has 29 heavy (non-hydrogen) atoms. The van der Waals surface area contributed by atoms with E-state index in [1.807, 2.05) is 59.1 Å². The van der Waals surface area contributed by atoms with Crippen molar-refractivity contribution in [3.63, 3.8) is 0 Å². The van der Waals surface area contributed by atoms with E-state index in [2.05, 4.69) is 36.1 Å². The Morgan fingerprint density at radius 2 is 1.83 bits per heavy atom. The third-order valence-corrected chi connectivity index (χ3v) is 5.94. The monoisotopic (exact) mass is 407 g/mol. The molecule has 1 saturated heterocycles. The average Bonchev–Trinajstić information content (AvgIpc) is 3.10. The Balaban J connectivity index is 1.27. The highest BCUT2D eigenvalue weighted by Crippen LogP contribution is 2.27. The SMILES string of the molecule is CC(C)Sc1ccc(CC(=O)N2CC(c3nc(Cc4ccccc4)no3)C2)cc1. The second-order valence-electron chi connectivity index (χ2n) is 7.69. The van der Waals surface area contributed by atoms with Crippen molar-refractivity contribution in [1.29, 1.82) is 0 Å². The summed E-state index contributed by atoms with van der Waals surface area (Å²) in [6.07, 6.45) is 1.09. The number of likely N-dealkylation sites (tertiary alicyclic amines) is 1. The van der Waals surface area contributed by atoms with Gasteiger partial charge in [-0.05, 0) is 23.3 Å². The molecule has 150 valence electrons. The summed E-state index contributed by atoms with van der Waals surface area (Å²) < 4.78 is 5.43. The molecule has 0 saturated carbocycles. The third-order valence-electron chi connectivity index (χ3n) is 4.92. The van der Waals surface area contributed by atoms with Gasteiger partial charge in [0, 0.05) is 29.7 Å². The lowest BCUT2D eigenvalue weighted by atomic mass is 9.99. The van der Waals surface area contributed by atoms with Gasteiger partial charge in [-0.3, -0.25) is 4.79 Å². The van der Waals surface area contributed by atoms with Crippen LogP contribution in [0.25, 0.3) is 0 Å². The molecule has 0 aliphatic carbocycles. The molecule has 6 heteroatoms. The fourth-order valence-corrected chi connectivity index (χ4v) is 4.20. The molecular weight excluding hydrogens is 382 g/mol. The van der Waals surface area contributed by atoms with Crippen LogP contribution < -0.4 is 0 Å². The zero-order chi connectivity index (χ0) is 20.2. The van der Waals surface area contributed by atoms with Gasteiger partial charge >= 0.3 is 0 Å². The number of carbonyl (C=O) groups is 1. The van der Waals surface area contributed by atoms with E-state index in [1.165, 1.54) is 4.90 Å². The van der Waals surface area contributed by atoms with E-state index in [9.17, 15) is 4.79 Å². The second-order valence-corrected chi connectivity index (χ2v) is 9.34. The number of thioether (sulfide) groups is 1. The van der Waals surface area contributed by atoms with Crippen molar-refractivity contribution in [3.05, 3.63) is 77.4 Å². The summed E-state index contributed by atoms with van der Waals surface area (Å²) >= 11 is 1.83. The maximum atomic E-state index is 12.5. The number of nitrogens with zero attached hydrogens (tertiary/aromatic N) is 3. The zero-order valence-electron chi connectivity index (χ0n) is 16.7. The van der Waals surface area contributed by atoms with Crippen LogP contribution in [0.1, 0.15) is 42.6 Å².